The second-order valence-electron chi connectivity index (χ2n) is 7.98. The zero-order valence-corrected chi connectivity index (χ0v) is 17.4. The highest BCUT2D eigenvalue weighted by Gasteiger charge is 2.24. The molecule has 0 atom stereocenters. The fourth-order valence-corrected chi connectivity index (χ4v) is 3.89. The first-order valence-electron chi connectivity index (χ1n) is 9.29. The lowest BCUT2D eigenvalue weighted by Gasteiger charge is -2.17. The molecule has 2 heterocycles. The van der Waals surface area contributed by atoms with Crippen molar-refractivity contribution < 1.29 is 14.4 Å². The molecule has 2 N–H and O–H groups in total. The molecular formula is C21H25N3O3S. The van der Waals surface area contributed by atoms with Crippen LogP contribution in [0.4, 0.5) is 16.4 Å². The molecule has 1 fully saturated rings. The van der Waals surface area contributed by atoms with Gasteiger partial charge in [-0.1, -0.05) is 26.8 Å². The molecule has 6 nitrogen and oxygen atoms in total. The summed E-state index contributed by atoms with van der Waals surface area (Å²) in [7, 11) is 0. The van der Waals surface area contributed by atoms with Crippen molar-refractivity contribution in [3.05, 3.63) is 40.8 Å². The van der Waals surface area contributed by atoms with Crippen LogP contribution in [0.15, 0.2) is 30.3 Å². The predicted molar refractivity (Wildman–Crippen MR) is 113 cm³/mol. The van der Waals surface area contributed by atoms with Gasteiger partial charge in [0.15, 0.2) is 0 Å². The third kappa shape index (κ3) is 4.42. The average Bonchev–Trinajstić information content (AvgIpc) is 3.19. The number of rotatable bonds is 4. The molecule has 1 saturated heterocycles. The van der Waals surface area contributed by atoms with Gasteiger partial charge in [-0.05, 0) is 43.2 Å². The van der Waals surface area contributed by atoms with Gasteiger partial charge in [0.25, 0.3) is 5.91 Å². The van der Waals surface area contributed by atoms with Crippen molar-refractivity contribution in [2.45, 2.75) is 40.5 Å². The van der Waals surface area contributed by atoms with Gasteiger partial charge >= 0.3 is 0 Å². The fourth-order valence-electron chi connectivity index (χ4n) is 2.93. The maximum Gasteiger partial charge on any atom is 0.266 e. The lowest BCUT2D eigenvalue weighted by atomic mass is 9.96. The number of amides is 3. The van der Waals surface area contributed by atoms with Crippen molar-refractivity contribution >= 4 is 45.4 Å². The van der Waals surface area contributed by atoms with Crippen LogP contribution in [0.25, 0.3) is 0 Å². The Morgan fingerprint density at radius 2 is 1.89 bits per heavy atom. The third-order valence-electron chi connectivity index (χ3n) is 4.53. The molecule has 1 aliphatic heterocycles. The van der Waals surface area contributed by atoms with Gasteiger partial charge in [0.2, 0.25) is 11.8 Å². The Kier molecular flexibility index (Phi) is 5.56. The first-order valence-corrected chi connectivity index (χ1v) is 10.1. The summed E-state index contributed by atoms with van der Waals surface area (Å²) >= 11 is 1.25. The topological polar surface area (TPSA) is 78.5 Å². The molecule has 7 heteroatoms. The molecular weight excluding hydrogens is 374 g/mol. The Balaban J connectivity index is 1.73. The summed E-state index contributed by atoms with van der Waals surface area (Å²) < 4.78 is 0. The van der Waals surface area contributed by atoms with Gasteiger partial charge < -0.3 is 15.5 Å². The van der Waals surface area contributed by atoms with E-state index in [4.69, 9.17) is 0 Å². The zero-order chi connectivity index (χ0) is 20.5. The number of thiophene rings is 1. The minimum Gasteiger partial charge on any atom is -0.321 e. The summed E-state index contributed by atoms with van der Waals surface area (Å²) in [5.74, 6) is -0.218. The van der Waals surface area contributed by atoms with Crippen LogP contribution in [0, 0.1) is 12.3 Å². The summed E-state index contributed by atoms with van der Waals surface area (Å²) in [6, 6.07) is 9.12. The largest absolute Gasteiger partial charge is 0.321 e. The minimum absolute atomic E-state index is 0.0938. The standard InChI is InChI=1S/C21H25N3O3S/c1-13-11-16(23-20(27)21(2,3)4)28-18(13)19(26)22-14-7-5-8-15(12-14)24-10-6-9-17(24)25/h5,7-8,11-12H,6,9-10H2,1-4H3,(H,22,26)(H,23,27). The van der Waals surface area contributed by atoms with Crippen LogP contribution in [0.1, 0.15) is 48.8 Å². The van der Waals surface area contributed by atoms with E-state index in [0.717, 1.165) is 17.7 Å². The Morgan fingerprint density at radius 3 is 2.54 bits per heavy atom. The molecule has 0 radical (unpaired) electrons. The van der Waals surface area contributed by atoms with Crippen molar-refractivity contribution in [1.82, 2.24) is 0 Å². The van der Waals surface area contributed by atoms with E-state index in [2.05, 4.69) is 10.6 Å². The third-order valence-corrected chi connectivity index (χ3v) is 5.68. The van der Waals surface area contributed by atoms with Crippen LogP contribution in [0.3, 0.4) is 0 Å². The lowest BCUT2D eigenvalue weighted by Crippen LogP contribution is -2.27. The normalized spacial score (nSPS) is 14.3. The van der Waals surface area contributed by atoms with E-state index in [-0.39, 0.29) is 17.7 Å². The number of nitrogens with zero attached hydrogens (tertiary/aromatic N) is 1. The molecule has 1 aromatic heterocycles. The number of benzene rings is 1. The molecule has 0 aliphatic carbocycles. The highest BCUT2D eigenvalue weighted by atomic mass is 32.1. The molecule has 2 aromatic rings. The Bertz CT molecular complexity index is 927. The average molecular weight is 400 g/mol. The van der Waals surface area contributed by atoms with E-state index in [9.17, 15) is 14.4 Å². The number of aryl methyl sites for hydroxylation is 1. The van der Waals surface area contributed by atoms with Gasteiger partial charge in [-0.15, -0.1) is 11.3 Å². The van der Waals surface area contributed by atoms with Crippen molar-refractivity contribution in [1.29, 1.82) is 0 Å². The fraction of sp³-hybridized carbons (Fsp3) is 0.381. The number of anilines is 3. The van der Waals surface area contributed by atoms with E-state index in [1.54, 1.807) is 11.0 Å². The molecule has 148 valence electrons. The van der Waals surface area contributed by atoms with Crippen LogP contribution in [0.5, 0.6) is 0 Å². The highest BCUT2D eigenvalue weighted by molar-refractivity contribution is 7.18. The number of carbonyl (C=O) groups is 3. The van der Waals surface area contributed by atoms with Crippen LogP contribution < -0.4 is 15.5 Å². The first-order chi connectivity index (χ1) is 13.1. The van der Waals surface area contributed by atoms with Gasteiger partial charge in [-0.2, -0.15) is 0 Å². The van der Waals surface area contributed by atoms with E-state index in [0.29, 0.717) is 28.5 Å². The van der Waals surface area contributed by atoms with Crippen LogP contribution in [-0.4, -0.2) is 24.3 Å². The SMILES string of the molecule is Cc1cc(NC(=O)C(C)(C)C)sc1C(=O)Nc1cccc(N2CCCC2=O)c1. The van der Waals surface area contributed by atoms with Crippen molar-refractivity contribution in [2.24, 2.45) is 5.41 Å². The molecule has 0 saturated carbocycles. The molecule has 0 unspecified atom stereocenters. The van der Waals surface area contributed by atoms with Crippen molar-refractivity contribution in [3.63, 3.8) is 0 Å². The zero-order valence-electron chi connectivity index (χ0n) is 16.6. The number of carbonyl (C=O) groups excluding carboxylic acids is 3. The quantitative estimate of drug-likeness (QED) is 0.799. The maximum absolute atomic E-state index is 12.7. The van der Waals surface area contributed by atoms with E-state index in [1.165, 1.54) is 11.3 Å². The summed E-state index contributed by atoms with van der Waals surface area (Å²) in [6.45, 7) is 8.08. The Labute approximate surface area is 168 Å². The summed E-state index contributed by atoms with van der Waals surface area (Å²) in [4.78, 5) is 39.1. The summed E-state index contributed by atoms with van der Waals surface area (Å²) in [5.41, 5.74) is 1.72. The van der Waals surface area contributed by atoms with Gasteiger partial charge in [-0.3, -0.25) is 14.4 Å². The van der Waals surface area contributed by atoms with Gasteiger partial charge in [0, 0.05) is 29.8 Å². The second-order valence-corrected chi connectivity index (χ2v) is 9.03. The lowest BCUT2D eigenvalue weighted by molar-refractivity contribution is -0.123. The second kappa shape index (κ2) is 7.75. The number of hydrogen-bond acceptors (Lipinski definition) is 4. The predicted octanol–water partition coefficient (Wildman–Crippen LogP) is 4.42. The summed E-state index contributed by atoms with van der Waals surface area (Å²) in [5, 5.41) is 6.42. The van der Waals surface area contributed by atoms with Gasteiger partial charge in [0.1, 0.15) is 0 Å². The van der Waals surface area contributed by atoms with Crippen LogP contribution in [-0.2, 0) is 9.59 Å². The van der Waals surface area contributed by atoms with Crippen LogP contribution >= 0.6 is 11.3 Å². The molecule has 3 rings (SSSR count). The molecule has 0 spiro atoms. The van der Waals surface area contributed by atoms with Gasteiger partial charge in [-0.25, -0.2) is 0 Å². The van der Waals surface area contributed by atoms with Crippen molar-refractivity contribution in [2.75, 3.05) is 22.1 Å². The summed E-state index contributed by atoms with van der Waals surface area (Å²) in [6.07, 6.45) is 1.42. The Morgan fingerprint density at radius 1 is 1.14 bits per heavy atom. The molecule has 1 aromatic carbocycles. The highest BCUT2D eigenvalue weighted by Crippen LogP contribution is 2.30. The van der Waals surface area contributed by atoms with E-state index < -0.39 is 5.41 Å². The molecule has 3 amide bonds. The number of hydrogen-bond donors (Lipinski definition) is 2. The Hall–Kier alpha value is -2.67. The number of nitrogens with one attached hydrogen (secondary N) is 2. The molecule has 0 bridgehead atoms. The maximum atomic E-state index is 12.7. The monoisotopic (exact) mass is 399 g/mol. The van der Waals surface area contributed by atoms with E-state index >= 15 is 0 Å². The molecule has 28 heavy (non-hydrogen) atoms. The first kappa shape index (κ1) is 20.1. The van der Waals surface area contributed by atoms with Crippen LogP contribution in [0.2, 0.25) is 0 Å². The molecule has 1 aliphatic rings. The van der Waals surface area contributed by atoms with Crippen molar-refractivity contribution in [3.8, 4) is 0 Å². The van der Waals surface area contributed by atoms with E-state index in [1.807, 2.05) is 52.0 Å². The van der Waals surface area contributed by atoms with Gasteiger partial charge in [0.05, 0.1) is 9.88 Å². The minimum atomic E-state index is -0.506. The smallest absolute Gasteiger partial charge is 0.266 e.